The molecule has 1 aromatic rings. The number of rotatable bonds is 17. The van der Waals surface area contributed by atoms with E-state index < -0.39 is 47.9 Å². The van der Waals surface area contributed by atoms with E-state index in [0.29, 0.717) is 37.8 Å². The molecule has 1 aromatic carbocycles. The highest BCUT2D eigenvalue weighted by molar-refractivity contribution is 5.94. The molecule has 38 heavy (non-hydrogen) atoms. The number of carboxylic acid groups (broad SMARTS) is 1. The van der Waals surface area contributed by atoms with Gasteiger partial charge in [0.25, 0.3) is 0 Å². The number of carboxylic acids is 1. The number of nitrogens with one attached hydrogen (secondary N) is 3. The van der Waals surface area contributed by atoms with Gasteiger partial charge in [-0.2, -0.15) is 0 Å². The number of hydrogen-bond acceptors (Lipinski definition) is 7. The van der Waals surface area contributed by atoms with E-state index in [0.717, 1.165) is 0 Å². The van der Waals surface area contributed by atoms with Crippen molar-refractivity contribution in [1.29, 1.82) is 0 Å². The lowest BCUT2D eigenvalue weighted by atomic mass is 9.95. The van der Waals surface area contributed by atoms with Crippen LogP contribution in [0.4, 0.5) is 0 Å². The molecule has 0 radical (unpaired) electrons. The second-order valence-corrected chi connectivity index (χ2v) is 9.90. The van der Waals surface area contributed by atoms with E-state index in [9.17, 15) is 29.4 Å². The van der Waals surface area contributed by atoms with Gasteiger partial charge in [-0.1, -0.05) is 52.7 Å². The molecule has 0 saturated carbocycles. The molecule has 0 saturated heterocycles. The SMILES string of the molecule is CCC(C)C(N)C(=O)NC(C(=O)NC(Cc1ccc(O)cc1)C(=O)NC(CCCCN)C(=O)O)C(C)CC. The maximum absolute atomic E-state index is 13.4. The molecular formula is C27H45N5O6. The number of aliphatic carboxylic acids is 1. The fourth-order valence-corrected chi connectivity index (χ4v) is 3.82. The summed E-state index contributed by atoms with van der Waals surface area (Å²) < 4.78 is 0. The minimum absolute atomic E-state index is 0.0422. The topological polar surface area (TPSA) is 197 Å². The van der Waals surface area contributed by atoms with Crippen molar-refractivity contribution in [3.63, 3.8) is 0 Å². The molecule has 9 N–H and O–H groups in total. The van der Waals surface area contributed by atoms with Crippen LogP contribution in [0.3, 0.4) is 0 Å². The van der Waals surface area contributed by atoms with Gasteiger partial charge in [0, 0.05) is 6.42 Å². The zero-order valence-electron chi connectivity index (χ0n) is 22.9. The maximum Gasteiger partial charge on any atom is 0.326 e. The van der Waals surface area contributed by atoms with E-state index in [1.807, 2.05) is 27.7 Å². The summed E-state index contributed by atoms with van der Waals surface area (Å²) in [5.74, 6) is -3.18. The Bertz CT molecular complexity index is 910. The summed E-state index contributed by atoms with van der Waals surface area (Å²) in [7, 11) is 0. The molecule has 0 fully saturated rings. The molecule has 0 aliphatic carbocycles. The average molecular weight is 536 g/mol. The molecule has 1 rings (SSSR count). The van der Waals surface area contributed by atoms with Crippen LogP contribution >= 0.6 is 0 Å². The lowest BCUT2D eigenvalue weighted by molar-refractivity contribution is -0.142. The third kappa shape index (κ3) is 10.7. The number of aromatic hydroxyl groups is 1. The third-order valence-corrected chi connectivity index (χ3v) is 6.92. The van der Waals surface area contributed by atoms with E-state index in [1.165, 1.54) is 12.1 Å². The van der Waals surface area contributed by atoms with Crippen LogP contribution in [-0.4, -0.2) is 64.6 Å². The van der Waals surface area contributed by atoms with Crippen LogP contribution in [0.15, 0.2) is 24.3 Å². The standard InChI is InChI=1S/C27H45N5O6/c1-5-16(3)22(29)25(35)32-23(17(4)6-2)26(36)31-21(15-18-10-12-19(33)13-11-18)24(34)30-20(27(37)38)9-7-8-14-28/h10-13,16-17,20-23,33H,5-9,14-15,28-29H2,1-4H3,(H,30,34)(H,31,36)(H,32,35)(H,37,38). The van der Waals surface area contributed by atoms with Crippen LogP contribution in [0, 0.1) is 11.8 Å². The number of benzene rings is 1. The Labute approximate surface area is 225 Å². The zero-order valence-corrected chi connectivity index (χ0v) is 22.9. The van der Waals surface area contributed by atoms with Crippen LogP contribution in [0.2, 0.25) is 0 Å². The summed E-state index contributed by atoms with van der Waals surface area (Å²) in [6, 6.07) is 2.11. The van der Waals surface area contributed by atoms with Gasteiger partial charge in [-0.05, 0) is 55.3 Å². The number of nitrogens with two attached hydrogens (primary N) is 2. The van der Waals surface area contributed by atoms with E-state index in [2.05, 4.69) is 16.0 Å². The van der Waals surface area contributed by atoms with Crippen LogP contribution in [0.5, 0.6) is 5.75 Å². The number of hydrogen-bond donors (Lipinski definition) is 7. The van der Waals surface area contributed by atoms with Gasteiger partial charge in [0.05, 0.1) is 6.04 Å². The molecule has 11 heteroatoms. The van der Waals surface area contributed by atoms with Gasteiger partial charge >= 0.3 is 5.97 Å². The van der Waals surface area contributed by atoms with Crippen molar-refractivity contribution >= 4 is 23.7 Å². The fourth-order valence-electron chi connectivity index (χ4n) is 3.82. The zero-order chi connectivity index (χ0) is 28.8. The Morgan fingerprint density at radius 3 is 1.95 bits per heavy atom. The maximum atomic E-state index is 13.4. The van der Waals surface area contributed by atoms with Crippen molar-refractivity contribution < 1.29 is 29.4 Å². The van der Waals surface area contributed by atoms with E-state index in [4.69, 9.17) is 11.5 Å². The Morgan fingerprint density at radius 2 is 1.42 bits per heavy atom. The molecule has 0 spiro atoms. The predicted octanol–water partition coefficient (Wildman–Crippen LogP) is 1.02. The van der Waals surface area contributed by atoms with Gasteiger partial charge in [-0.15, -0.1) is 0 Å². The molecule has 0 aromatic heterocycles. The predicted molar refractivity (Wildman–Crippen MR) is 145 cm³/mol. The van der Waals surface area contributed by atoms with Crippen molar-refractivity contribution in [2.24, 2.45) is 23.3 Å². The van der Waals surface area contributed by atoms with Crippen LogP contribution < -0.4 is 27.4 Å². The summed E-state index contributed by atoms with van der Waals surface area (Å²) >= 11 is 0. The minimum Gasteiger partial charge on any atom is -0.508 e. The summed E-state index contributed by atoms with van der Waals surface area (Å²) in [5.41, 5.74) is 12.2. The van der Waals surface area contributed by atoms with E-state index in [1.54, 1.807) is 12.1 Å². The Balaban J connectivity index is 3.17. The van der Waals surface area contributed by atoms with Crippen LogP contribution in [-0.2, 0) is 25.6 Å². The summed E-state index contributed by atoms with van der Waals surface area (Å²) in [4.78, 5) is 51.2. The lowest BCUT2D eigenvalue weighted by Gasteiger charge is -2.29. The van der Waals surface area contributed by atoms with Crippen molar-refractivity contribution in [2.75, 3.05) is 6.54 Å². The molecule has 6 unspecified atom stereocenters. The van der Waals surface area contributed by atoms with Gasteiger partial charge in [0.2, 0.25) is 17.7 Å². The number of carbonyl (C=O) groups excluding carboxylic acids is 3. The van der Waals surface area contributed by atoms with Crippen LogP contribution in [0.25, 0.3) is 0 Å². The van der Waals surface area contributed by atoms with Crippen molar-refractivity contribution in [1.82, 2.24) is 16.0 Å². The minimum atomic E-state index is -1.19. The summed E-state index contributed by atoms with van der Waals surface area (Å²) in [6.45, 7) is 7.87. The Morgan fingerprint density at radius 1 is 0.842 bits per heavy atom. The molecular weight excluding hydrogens is 490 g/mol. The van der Waals surface area contributed by atoms with Gasteiger partial charge in [0.15, 0.2) is 0 Å². The van der Waals surface area contributed by atoms with Gasteiger partial charge in [-0.3, -0.25) is 14.4 Å². The van der Waals surface area contributed by atoms with Gasteiger partial charge in [-0.25, -0.2) is 4.79 Å². The molecule has 11 nitrogen and oxygen atoms in total. The molecule has 3 amide bonds. The molecule has 0 aliphatic heterocycles. The van der Waals surface area contributed by atoms with Gasteiger partial charge in [0.1, 0.15) is 23.9 Å². The van der Waals surface area contributed by atoms with Crippen molar-refractivity contribution in [3.8, 4) is 5.75 Å². The first-order valence-electron chi connectivity index (χ1n) is 13.3. The number of amides is 3. The Hall–Kier alpha value is -3.18. The van der Waals surface area contributed by atoms with Crippen molar-refractivity contribution in [2.45, 2.75) is 90.4 Å². The highest BCUT2D eigenvalue weighted by Crippen LogP contribution is 2.14. The quantitative estimate of drug-likeness (QED) is 0.143. The average Bonchev–Trinajstić information content (AvgIpc) is 2.90. The molecule has 0 bridgehead atoms. The van der Waals surface area contributed by atoms with Crippen molar-refractivity contribution in [3.05, 3.63) is 29.8 Å². The second-order valence-electron chi connectivity index (χ2n) is 9.90. The number of phenolic OH excluding ortho intramolecular Hbond substituents is 1. The molecule has 214 valence electrons. The first kappa shape index (κ1) is 32.8. The number of unbranched alkanes of at least 4 members (excludes halogenated alkanes) is 1. The Kier molecular flexibility index (Phi) is 14.4. The molecule has 6 atom stereocenters. The highest BCUT2D eigenvalue weighted by atomic mass is 16.4. The second kappa shape index (κ2) is 16.6. The van der Waals surface area contributed by atoms with E-state index in [-0.39, 0.29) is 30.4 Å². The monoisotopic (exact) mass is 535 g/mol. The third-order valence-electron chi connectivity index (χ3n) is 6.92. The largest absolute Gasteiger partial charge is 0.508 e. The van der Waals surface area contributed by atoms with Gasteiger partial charge < -0.3 is 37.6 Å². The smallest absolute Gasteiger partial charge is 0.326 e. The first-order chi connectivity index (χ1) is 17.9. The first-order valence-corrected chi connectivity index (χ1v) is 13.3. The normalized spacial score (nSPS) is 15.8. The molecule has 0 aliphatic rings. The highest BCUT2D eigenvalue weighted by Gasteiger charge is 2.33. The lowest BCUT2D eigenvalue weighted by Crippen LogP contribution is -2.59. The summed E-state index contributed by atoms with van der Waals surface area (Å²) in [5, 5.41) is 27.2. The van der Waals surface area contributed by atoms with Crippen LogP contribution in [0.1, 0.15) is 65.4 Å². The van der Waals surface area contributed by atoms with E-state index >= 15 is 0 Å². The number of carbonyl (C=O) groups is 4. The number of phenols is 1. The summed E-state index contributed by atoms with van der Waals surface area (Å²) in [6.07, 6.45) is 2.63. The molecule has 0 heterocycles. The fraction of sp³-hybridized carbons (Fsp3) is 0.630.